The van der Waals surface area contributed by atoms with E-state index in [9.17, 15) is 4.79 Å². The van der Waals surface area contributed by atoms with Gasteiger partial charge in [0.25, 0.3) is 5.91 Å². The second-order valence-electron chi connectivity index (χ2n) is 5.07. The normalized spacial score (nSPS) is 18.4. The van der Waals surface area contributed by atoms with Crippen molar-refractivity contribution in [3.8, 4) is 0 Å². The number of benzene rings is 1. The molecule has 4 nitrogen and oxygen atoms in total. The fourth-order valence-corrected chi connectivity index (χ4v) is 2.41. The molecule has 0 radical (unpaired) electrons. The van der Waals surface area contributed by atoms with Crippen molar-refractivity contribution < 1.29 is 4.79 Å². The molecule has 1 saturated heterocycles. The summed E-state index contributed by atoms with van der Waals surface area (Å²) in [5.41, 5.74) is 1.47. The Hall–Kier alpha value is -1.26. The van der Waals surface area contributed by atoms with Crippen LogP contribution in [0.3, 0.4) is 0 Å². The number of nitrogens with zero attached hydrogens (tertiary/aromatic N) is 1. The summed E-state index contributed by atoms with van der Waals surface area (Å²) in [5, 5.41) is 7.28. The third-order valence-electron chi connectivity index (χ3n) is 3.32. The van der Waals surface area contributed by atoms with E-state index in [-0.39, 0.29) is 5.91 Å². The molecule has 2 rings (SSSR count). The molecule has 0 bridgehead atoms. The van der Waals surface area contributed by atoms with Crippen LogP contribution >= 0.6 is 11.6 Å². The number of anilines is 1. The Morgan fingerprint density at radius 2 is 2.32 bits per heavy atom. The summed E-state index contributed by atoms with van der Waals surface area (Å²) in [6, 6.07) is 6.01. The first-order chi connectivity index (χ1) is 9.08. The van der Waals surface area contributed by atoms with Crippen molar-refractivity contribution in [1.82, 2.24) is 10.2 Å². The minimum absolute atomic E-state index is 0.0763. The number of carbonyl (C=O) groups is 1. The van der Waals surface area contributed by atoms with E-state index in [0.717, 1.165) is 18.8 Å². The van der Waals surface area contributed by atoms with Crippen molar-refractivity contribution in [2.45, 2.75) is 18.9 Å². The van der Waals surface area contributed by atoms with Gasteiger partial charge in [-0.05, 0) is 37.6 Å². The van der Waals surface area contributed by atoms with Gasteiger partial charge in [0.1, 0.15) is 0 Å². The van der Waals surface area contributed by atoms with Crippen molar-refractivity contribution in [3.63, 3.8) is 0 Å². The Kier molecular flexibility index (Phi) is 4.66. The van der Waals surface area contributed by atoms with E-state index in [0.29, 0.717) is 16.6 Å². The average molecular weight is 282 g/mol. The van der Waals surface area contributed by atoms with Gasteiger partial charge in [-0.3, -0.25) is 4.79 Å². The van der Waals surface area contributed by atoms with Gasteiger partial charge in [0.15, 0.2) is 0 Å². The maximum atomic E-state index is 12.0. The van der Waals surface area contributed by atoms with Gasteiger partial charge in [-0.25, -0.2) is 0 Å². The van der Waals surface area contributed by atoms with Crippen LogP contribution in [0.5, 0.6) is 0 Å². The molecular weight excluding hydrogens is 262 g/mol. The molecule has 104 valence electrons. The molecule has 1 heterocycles. The smallest absolute Gasteiger partial charge is 0.254 e. The molecule has 1 amide bonds. The minimum Gasteiger partial charge on any atom is -0.383 e. The lowest BCUT2D eigenvalue weighted by molar-refractivity contribution is 0.0828. The maximum Gasteiger partial charge on any atom is 0.254 e. The molecule has 0 saturated carbocycles. The minimum atomic E-state index is -0.0763. The van der Waals surface area contributed by atoms with Gasteiger partial charge in [0, 0.05) is 32.4 Å². The molecule has 1 aromatic rings. The number of carbonyl (C=O) groups excluding carboxylic acids is 1. The zero-order valence-corrected chi connectivity index (χ0v) is 12.1. The number of amides is 1. The highest BCUT2D eigenvalue weighted by molar-refractivity contribution is 6.34. The van der Waals surface area contributed by atoms with E-state index in [1.54, 1.807) is 20.2 Å². The van der Waals surface area contributed by atoms with E-state index >= 15 is 0 Å². The molecular formula is C14H20ClN3O. The molecule has 1 atom stereocenters. The highest BCUT2D eigenvalue weighted by Crippen LogP contribution is 2.22. The lowest BCUT2D eigenvalue weighted by atomic mass is 10.1. The molecule has 0 aliphatic carbocycles. The van der Waals surface area contributed by atoms with Crippen molar-refractivity contribution in [3.05, 3.63) is 28.8 Å². The molecule has 19 heavy (non-hydrogen) atoms. The van der Waals surface area contributed by atoms with Crippen LogP contribution in [0.1, 0.15) is 23.2 Å². The lowest BCUT2D eigenvalue weighted by Crippen LogP contribution is -2.29. The zero-order valence-electron chi connectivity index (χ0n) is 11.4. The van der Waals surface area contributed by atoms with Gasteiger partial charge in [-0.15, -0.1) is 0 Å². The molecule has 2 N–H and O–H groups in total. The third-order valence-corrected chi connectivity index (χ3v) is 3.65. The summed E-state index contributed by atoms with van der Waals surface area (Å²) in [6.45, 7) is 1.97. The first-order valence-electron chi connectivity index (χ1n) is 6.56. The Morgan fingerprint density at radius 1 is 1.53 bits per heavy atom. The molecule has 1 aromatic carbocycles. The SMILES string of the molecule is CN(C)C(=O)c1cc(NCC2CCCN2)ccc1Cl. The van der Waals surface area contributed by atoms with E-state index in [1.165, 1.54) is 17.7 Å². The molecule has 1 aliphatic rings. The fraction of sp³-hybridized carbons (Fsp3) is 0.500. The molecule has 0 spiro atoms. The van der Waals surface area contributed by atoms with Gasteiger partial charge in [-0.2, -0.15) is 0 Å². The van der Waals surface area contributed by atoms with E-state index < -0.39 is 0 Å². The highest BCUT2D eigenvalue weighted by Gasteiger charge is 2.15. The van der Waals surface area contributed by atoms with Crippen LogP contribution in [0.25, 0.3) is 0 Å². The standard InChI is InChI=1S/C14H20ClN3O/c1-18(2)14(19)12-8-10(5-6-13(12)15)17-9-11-4-3-7-16-11/h5-6,8,11,16-17H,3-4,7,9H2,1-2H3. The monoisotopic (exact) mass is 281 g/mol. The Morgan fingerprint density at radius 3 is 2.95 bits per heavy atom. The van der Waals surface area contributed by atoms with Crippen molar-refractivity contribution in [2.24, 2.45) is 0 Å². The average Bonchev–Trinajstić information content (AvgIpc) is 2.90. The van der Waals surface area contributed by atoms with Crippen LogP contribution in [0.15, 0.2) is 18.2 Å². The molecule has 0 aromatic heterocycles. The van der Waals surface area contributed by atoms with Crippen molar-refractivity contribution in [1.29, 1.82) is 0 Å². The predicted octanol–water partition coefficient (Wildman–Crippen LogP) is 2.21. The summed E-state index contributed by atoms with van der Waals surface area (Å²) in [7, 11) is 3.45. The summed E-state index contributed by atoms with van der Waals surface area (Å²) >= 11 is 6.07. The second-order valence-corrected chi connectivity index (χ2v) is 5.48. The van der Waals surface area contributed by atoms with Crippen LogP contribution in [-0.2, 0) is 0 Å². The first kappa shape index (κ1) is 14.2. The Balaban J connectivity index is 2.05. The van der Waals surface area contributed by atoms with Crippen molar-refractivity contribution >= 4 is 23.2 Å². The van der Waals surface area contributed by atoms with Crippen molar-refractivity contribution in [2.75, 3.05) is 32.5 Å². The zero-order chi connectivity index (χ0) is 13.8. The fourth-order valence-electron chi connectivity index (χ4n) is 2.21. The summed E-state index contributed by atoms with van der Waals surface area (Å²) in [6.07, 6.45) is 2.43. The Labute approximate surface area is 119 Å². The third kappa shape index (κ3) is 3.61. The quantitative estimate of drug-likeness (QED) is 0.889. The highest BCUT2D eigenvalue weighted by atomic mass is 35.5. The number of rotatable bonds is 4. The summed E-state index contributed by atoms with van der Waals surface area (Å²) in [5.74, 6) is -0.0763. The predicted molar refractivity (Wildman–Crippen MR) is 79.0 cm³/mol. The second kappa shape index (κ2) is 6.26. The number of halogens is 1. The molecule has 1 fully saturated rings. The van der Waals surface area contributed by atoms with Gasteiger partial charge in [0.2, 0.25) is 0 Å². The first-order valence-corrected chi connectivity index (χ1v) is 6.94. The number of hydrogen-bond acceptors (Lipinski definition) is 3. The van der Waals surface area contributed by atoms with Crippen LogP contribution in [0.4, 0.5) is 5.69 Å². The van der Waals surface area contributed by atoms with Crippen LogP contribution < -0.4 is 10.6 Å². The van der Waals surface area contributed by atoms with E-state index in [1.807, 2.05) is 12.1 Å². The maximum absolute atomic E-state index is 12.0. The van der Waals surface area contributed by atoms with Gasteiger partial charge in [-0.1, -0.05) is 11.6 Å². The largest absolute Gasteiger partial charge is 0.383 e. The number of hydrogen-bond donors (Lipinski definition) is 2. The number of nitrogens with one attached hydrogen (secondary N) is 2. The topological polar surface area (TPSA) is 44.4 Å². The van der Waals surface area contributed by atoms with Gasteiger partial charge >= 0.3 is 0 Å². The van der Waals surface area contributed by atoms with Crippen LogP contribution in [0, 0.1) is 0 Å². The van der Waals surface area contributed by atoms with Gasteiger partial charge < -0.3 is 15.5 Å². The molecule has 1 unspecified atom stereocenters. The summed E-state index contributed by atoms with van der Waals surface area (Å²) < 4.78 is 0. The summed E-state index contributed by atoms with van der Waals surface area (Å²) in [4.78, 5) is 13.5. The molecule has 5 heteroatoms. The molecule has 1 aliphatic heterocycles. The van der Waals surface area contributed by atoms with Gasteiger partial charge in [0.05, 0.1) is 10.6 Å². The van der Waals surface area contributed by atoms with Crippen LogP contribution in [-0.4, -0.2) is 44.0 Å². The van der Waals surface area contributed by atoms with E-state index in [2.05, 4.69) is 10.6 Å². The van der Waals surface area contributed by atoms with Crippen LogP contribution in [0.2, 0.25) is 5.02 Å². The van der Waals surface area contributed by atoms with E-state index in [4.69, 9.17) is 11.6 Å². The lowest BCUT2D eigenvalue weighted by Gasteiger charge is -2.15. The Bertz CT molecular complexity index is 456.